The topological polar surface area (TPSA) is 58.4 Å². The molecule has 0 heterocycles. The number of nitrogen functional groups attached to an aromatic ring is 1. The highest BCUT2D eigenvalue weighted by Crippen LogP contribution is 2.29. The molecule has 0 saturated heterocycles. The molecule has 3 rings (SSSR count). The van der Waals surface area contributed by atoms with Crippen LogP contribution in [0.25, 0.3) is 0 Å². The van der Waals surface area contributed by atoms with Crippen LogP contribution < -0.4 is 11.1 Å². The van der Waals surface area contributed by atoms with Crippen molar-refractivity contribution < 1.29 is 4.79 Å². The summed E-state index contributed by atoms with van der Waals surface area (Å²) in [6, 6.07) is 8.73. The number of rotatable bonds is 4. The number of nitrogens with two attached hydrogens (primary N) is 1. The smallest absolute Gasteiger partial charge is 0.318 e. The van der Waals surface area contributed by atoms with Crippen LogP contribution in [0.15, 0.2) is 24.3 Å². The van der Waals surface area contributed by atoms with Crippen LogP contribution in [0.3, 0.4) is 0 Å². The summed E-state index contributed by atoms with van der Waals surface area (Å²) in [6.45, 7) is 0.684. The van der Waals surface area contributed by atoms with Gasteiger partial charge in [-0.15, -0.1) is 0 Å². The minimum Gasteiger partial charge on any atom is -0.399 e. The summed E-state index contributed by atoms with van der Waals surface area (Å²) in [5.74, 6) is 0. The Morgan fingerprint density at radius 2 is 1.80 bits per heavy atom. The molecule has 2 amide bonds. The molecule has 2 aliphatic carbocycles. The van der Waals surface area contributed by atoms with E-state index in [1.807, 2.05) is 29.2 Å². The first kappa shape index (κ1) is 13.3. The van der Waals surface area contributed by atoms with E-state index in [0.29, 0.717) is 18.6 Å². The summed E-state index contributed by atoms with van der Waals surface area (Å²) in [4.78, 5) is 14.4. The Morgan fingerprint density at radius 3 is 2.40 bits per heavy atom. The Kier molecular flexibility index (Phi) is 3.81. The maximum atomic E-state index is 12.4. The van der Waals surface area contributed by atoms with E-state index in [4.69, 9.17) is 5.73 Å². The van der Waals surface area contributed by atoms with Crippen molar-refractivity contribution in [1.29, 1.82) is 0 Å². The highest BCUT2D eigenvalue weighted by molar-refractivity contribution is 5.75. The lowest BCUT2D eigenvalue weighted by Crippen LogP contribution is -2.44. The molecule has 1 aromatic carbocycles. The summed E-state index contributed by atoms with van der Waals surface area (Å²) in [5, 5.41) is 3.19. The van der Waals surface area contributed by atoms with Gasteiger partial charge < -0.3 is 16.0 Å². The van der Waals surface area contributed by atoms with Crippen molar-refractivity contribution in [3.8, 4) is 0 Å². The number of nitrogens with zero attached hydrogens (tertiary/aromatic N) is 1. The number of urea groups is 1. The van der Waals surface area contributed by atoms with Gasteiger partial charge in [-0.3, -0.25) is 0 Å². The lowest BCUT2D eigenvalue weighted by molar-refractivity contribution is 0.188. The van der Waals surface area contributed by atoms with Gasteiger partial charge in [-0.2, -0.15) is 0 Å². The third kappa shape index (κ3) is 3.24. The van der Waals surface area contributed by atoms with Gasteiger partial charge in [0.1, 0.15) is 0 Å². The van der Waals surface area contributed by atoms with Crippen LogP contribution in [0.2, 0.25) is 0 Å². The molecule has 4 heteroatoms. The molecule has 3 N–H and O–H groups in total. The van der Waals surface area contributed by atoms with E-state index in [9.17, 15) is 4.79 Å². The molecule has 2 saturated carbocycles. The number of anilines is 1. The molecule has 2 fully saturated rings. The zero-order chi connectivity index (χ0) is 13.9. The number of carbonyl (C=O) groups is 1. The first-order valence-corrected chi connectivity index (χ1v) is 7.64. The van der Waals surface area contributed by atoms with Crippen molar-refractivity contribution in [3.63, 3.8) is 0 Å². The van der Waals surface area contributed by atoms with Gasteiger partial charge in [0.2, 0.25) is 0 Å². The minimum absolute atomic E-state index is 0.108. The second-order valence-electron chi connectivity index (χ2n) is 6.03. The zero-order valence-electron chi connectivity index (χ0n) is 11.8. The highest BCUT2D eigenvalue weighted by atomic mass is 16.2. The third-order valence-corrected chi connectivity index (χ3v) is 4.26. The number of nitrogens with one attached hydrogen (secondary N) is 1. The van der Waals surface area contributed by atoms with Gasteiger partial charge in [-0.05, 0) is 43.4 Å². The van der Waals surface area contributed by atoms with Crippen LogP contribution in [0.5, 0.6) is 0 Å². The highest BCUT2D eigenvalue weighted by Gasteiger charge is 2.33. The molecular formula is C16H23N3O. The Labute approximate surface area is 120 Å². The Hall–Kier alpha value is -1.71. The number of carbonyl (C=O) groups excluding carboxylic acids is 1. The summed E-state index contributed by atoms with van der Waals surface area (Å²) in [5.41, 5.74) is 7.62. The summed E-state index contributed by atoms with van der Waals surface area (Å²) < 4.78 is 0. The van der Waals surface area contributed by atoms with Crippen LogP contribution >= 0.6 is 0 Å². The normalized spacial score (nSPS) is 19.0. The van der Waals surface area contributed by atoms with Crippen molar-refractivity contribution in [2.24, 2.45) is 0 Å². The fourth-order valence-corrected chi connectivity index (χ4v) is 2.90. The second kappa shape index (κ2) is 5.73. The van der Waals surface area contributed by atoms with E-state index >= 15 is 0 Å². The van der Waals surface area contributed by atoms with E-state index < -0.39 is 0 Å². The average molecular weight is 273 g/mol. The first-order valence-electron chi connectivity index (χ1n) is 7.64. The van der Waals surface area contributed by atoms with Crippen LogP contribution in [0.1, 0.15) is 44.1 Å². The minimum atomic E-state index is 0.108. The van der Waals surface area contributed by atoms with E-state index in [1.54, 1.807) is 0 Å². The molecule has 2 aliphatic rings. The van der Waals surface area contributed by atoms with Crippen LogP contribution in [0.4, 0.5) is 10.5 Å². The van der Waals surface area contributed by atoms with E-state index in [1.165, 1.54) is 12.8 Å². The lowest BCUT2D eigenvalue weighted by atomic mass is 10.2. The molecule has 20 heavy (non-hydrogen) atoms. The van der Waals surface area contributed by atoms with Gasteiger partial charge in [0.05, 0.1) is 0 Å². The molecule has 0 unspecified atom stereocenters. The molecule has 0 aliphatic heterocycles. The van der Waals surface area contributed by atoms with Gasteiger partial charge >= 0.3 is 6.03 Å². The average Bonchev–Trinajstić information content (AvgIpc) is 3.15. The molecule has 0 bridgehead atoms. The number of benzene rings is 1. The summed E-state index contributed by atoms with van der Waals surface area (Å²) >= 11 is 0. The largest absolute Gasteiger partial charge is 0.399 e. The van der Waals surface area contributed by atoms with Crippen molar-refractivity contribution in [2.45, 2.75) is 57.2 Å². The standard InChI is InChI=1S/C16H23N3O/c17-13-7-5-12(6-8-13)11-19(15-9-10-15)16(20)18-14-3-1-2-4-14/h5-8,14-15H,1-4,9-11,17H2,(H,18,20). The van der Waals surface area contributed by atoms with E-state index in [2.05, 4.69) is 5.32 Å². The van der Waals surface area contributed by atoms with Crippen molar-refractivity contribution >= 4 is 11.7 Å². The van der Waals surface area contributed by atoms with Crippen LogP contribution in [-0.2, 0) is 6.54 Å². The quantitative estimate of drug-likeness (QED) is 0.829. The molecule has 0 spiro atoms. The second-order valence-corrected chi connectivity index (χ2v) is 6.03. The lowest BCUT2D eigenvalue weighted by Gasteiger charge is -2.25. The van der Waals surface area contributed by atoms with Gasteiger partial charge in [0.15, 0.2) is 0 Å². The first-order chi connectivity index (χ1) is 9.72. The molecular weight excluding hydrogens is 250 g/mol. The van der Waals surface area contributed by atoms with Crippen molar-refractivity contribution in [2.75, 3.05) is 5.73 Å². The van der Waals surface area contributed by atoms with Gasteiger partial charge in [0.25, 0.3) is 0 Å². The van der Waals surface area contributed by atoms with E-state index in [0.717, 1.165) is 36.9 Å². The number of amides is 2. The van der Waals surface area contributed by atoms with Crippen molar-refractivity contribution in [3.05, 3.63) is 29.8 Å². The molecule has 0 aromatic heterocycles. The molecule has 0 radical (unpaired) electrons. The van der Waals surface area contributed by atoms with Crippen molar-refractivity contribution in [1.82, 2.24) is 10.2 Å². The Balaban J connectivity index is 1.62. The fourth-order valence-electron chi connectivity index (χ4n) is 2.90. The summed E-state index contributed by atoms with van der Waals surface area (Å²) in [6.07, 6.45) is 7.01. The van der Waals surface area contributed by atoms with Crippen LogP contribution in [0, 0.1) is 0 Å². The Bertz CT molecular complexity index is 461. The third-order valence-electron chi connectivity index (χ3n) is 4.26. The monoisotopic (exact) mass is 273 g/mol. The maximum Gasteiger partial charge on any atom is 0.318 e. The van der Waals surface area contributed by atoms with Gasteiger partial charge in [-0.1, -0.05) is 25.0 Å². The number of hydrogen-bond acceptors (Lipinski definition) is 2. The predicted molar refractivity (Wildman–Crippen MR) is 80.2 cm³/mol. The van der Waals surface area contributed by atoms with Crippen LogP contribution in [-0.4, -0.2) is 23.0 Å². The van der Waals surface area contributed by atoms with E-state index in [-0.39, 0.29) is 6.03 Å². The molecule has 4 nitrogen and oxygen atoms in total. The zero-order valence-corrected chi connectivity index (χ0v) is 11.8. The molecule has 108 valence electrons. The summed E-state index contributed by atoms with van der Waals surface area (Å²) in [7, 11) is 0. The van der Waals surface area contributed by atoms with Gasteiger partial charge in [-0.25, -0.2) is 4.79 Å². The van der Waals surface area contributed by atoms with Gasteiger partial charge in [0, 0.05) is 24.3 Å². The predicted octanol–water partition coefficient (Wildman–Crippen LogP) is 2.89. The molecule has 0 atom stereocenters. The maximum absolute atomic E-state index is 12.4. The number of hydrogen-bond donors (Lipinski definition) is 2. The Morgan fingerprint density at radius 1 is 1.15 bits per heavy atom. The fraction of sp³-hybridized carbons (Fsp3) is 0.562. The molecule has 1 aromatic rings. The SMILES string of the molecule is Nc1ccc(CN(C(=O)NC2CCCC2)C2CC2)cc1.